The van der Waals surface area contributed by atoms with E-state index >= 15 is 0 Å². The normalized spacial score (nSPS) is 13.5. The maximum atomic E-state index is 11.7. The molecule has 7 heteroatoms. The molecular formula is C21H35IN4O2. The predicted octanol–water partition coefficient (Wildman–Crippen LogP) is 3.20. The molecule has 0 radical (unpaired) electrons. The number of ether oxygens (including phenoxy) is 1. The Hall–Kier alpha value is -1.51. The van der Waals surface area contributed by atoms with Crippen molar-refractivity contribution in [3.05, 3.63) is 29.8 Å². The highest BCUT2D eigenvalue weighted by atomic mass is 127. The van der Waals surface area contributed by atoms with Gasteiger partial charge in [0, 0.05) is 32.7 Å². The number of halogens is 1. The summed E-state index contributed by atoms with van der Waals surface area (Å²) in [6.45, 7) is 7.00. The molecule has 0 atom stereocenters. The number of nitrogens with zero attached hydrogens (tertiary/aromatic N) is 2. The zero-order valence-electron chi connectivity index (χ0n) is 17.4. The van der Waals surface area contributed by atoms with E-state index in [0.29, 0.717) is 6.04 Å². The first kappa shape index (κ1) is 24.5. The highest BCUT2D eigenvalue weighted by molar-refractivity contribution is 14.0. The van der Waals surface area contributed by atoms with E-state index in [-0.39, 0.29) is 36.5 Å². The fourth-order valence-electron chi connectivity index (χ4n) is 2.66. The first-order valence-electron chi connectivity index (χ1n) is 10.1. The van der Waals surface area contributed by atoms with Crippen molar-refractivity contribution in [2.75, 3.05) is 33.3 Å². The SMILES string of the molecule is CCCCN(C)C(=NCCc1ccc(OCC(=O)NC2CC2)cc1)NCC.I. The topological polar surface area (TPSA) is 66.0 Å². The Bertz CT molecular complexity index is 603. The number of carbonyl (C=O) groups is 1. The number of benzene rings is 1. The molecule has 1 aliphatic carbocycles. The van der Waals surface area contributed by atoms with Crippen LogP contribution in [0.2, 0.25) is 0 Å². The summed E-state index contributed by atoms with van der Waals surface area (Å²) < 4.78 is 5.54. The van der Waals surface area contributed by atoms with Gasteiger partial charge in [-0.1, -0.05) is 25.5 Å². The molecule has 28 heavy (non-hydrogen) atoms. The molecule has 1 fully saturated rings. The van der Waals surface area contributed by atoms with E-state index in [0.717, 1.165) is 50.6 Å². The van der Waals surface area contributed by atoms with Crippen LogP contribution in [0.15, 0.2) is 29.3 Å². The van der Waals surface area contributed by atoms with Gasteiger partial charge in [0.05, 0.1) is 0 Å². The Balaban J connectivity index is 0.00000392. The van der Waals surface area contributed by atoms with Crippen molar-refractivity contribution in [3.8, 4) is 5.75 Å². The summed E-state index contributed by atoms with van der Waals surface area (Å²) in [7, 11) is 2.09. The molecule has 2 rings (SSSR count). The van der Waals surface area contributed by atoms with Gasteiger partial charge in [-0.15, -0.1) is 24.0 Å². The lowest BCUT2D eigenvalue weighted by Gasteiger charge is -2.21. The standard InChI is InChI=1S/C21H34N4O2.HI/c1-4-6-15-25(3)21(22-5-2)23-14-13-17-7-11-19(12-8-17)27-16-20(26)24-18-9-10-18;/h7-8,11-12,18H,4-6,9-10,13-16H2,1-3H3,(H,22,23)(H,24,26);1H. The van der Waals surface area contributed by atoms with Crippen molar-refractivity contribution in [2.24, 2.45) is 4.99 Å². The Morgan fingerprint density at radius 3 is 2.57 bits per heavy atom. The van der Waals surface area contributed by atoms with Crippen molar-refractivity contribution in [2.45, 2.75) is 52.0 Å². The summed E-state index contributed by atoms with van der Waals surface area (Å²) in [5.41, 5.74) is 1.21. The van der Waals surface area contributed by atoms with Crippen molar-refractivity contribution < 1.29 is 9.53 Å². The van der Waals surface area contributed by atoms with E-state index in [1.165, 1.54) is 18.4 Å². The van der Waals surface area contributed by atoms with Crippen LogP contribution in [-0.4, -0.2) is 56.1 Å². The van der Waals surface area contributed by atoms with Crippen LogP contribution in [0.4, 0.5) is 0 Å². The molecule has 6 nitrogen and oxygen atoms in total. The molecule has 1 amide bonds. The summed E-state index contributed by atoms with van der Waals surface area (Å²) in [5.74, 6) is 1.65. The number of guanidine groups is 1. The molecule has 1 saturated carbocycles. The number of unbranched alkanes of at least 4 members (excludes halogenated alkanes) is 1. The van der Waals surface area contributed by atoms with Crippen molar-refractivity contribution in [1.82, 2.24) is 15.5 Å². The number of hydrogen-bond donors (Lipinski definition) is 2. The van der Waals surface area contributed by atoms with Gasteiger partial charge >= 0.3 is 0 Å². The minimum atomic E-state index is -0.0425. The summed E-state index contributed by atoms with van der Waals surface area (Å²) in [6.07, 6.45) is 5.40. The largest absolute Gasteiger partial charge is 0.484 e. The summed E-state index contributed by atoms with van der Waals surface area (Å²) in [4.78, 5) is 18.6. The number of hydrogen-bond acceptors (Lipinski definition) is 3. The number of carbonyl (C=O) groups excluding carboxylic acids is 1. The van der Waals surface area contributed by atoms with Gasteiger partial charge in [-0.3, -0.25) is 9.79 Å². The van der Waals surface area contributed by atoms with Gasteiger partial charge in [-0.05, 0) is 50.3 Å². The van der Waals surface area contributed by atoms with Crippen molar-refractivity contribution >= 4 is 35.8 Å². The second kappa shape index (κ2) is 13.6. The van der Waals surface area contributed by atoms with Gasteiger partial charge in [0.1, 0.15) is 5.75 Å². The minimum Gasteiger partial charge on any atom is -0.484 e. The first-order valence-corrected chi connectivity index (χ1v) is 10.1. The highest BCUT2D eigenvalue weighted by Gasteiger charge is 2.23. The molecule has 0 heterocycles. The summed E-state index contributed by atoms with van der Waals surface area (Å²) >= 11 is 0. The molecule has 0 saturated heterocycles. The maximum Gasteiger partial charge on any atom is 0.258 e. The quantitative estimate of drug-likeness (QED) is 0.277. The fourth-order valence-corrected chi connectivity index (χ4v) is 2.66. The molecule has 1 aliphatic rings. The zero-order chi connectivity index (χ0) is 19.5. The van der Waals surface area contributed by atoms with E-state index in [9.17, 15) is 4.79 Å². The summed E-state index contributed by atoms with van der Waals surface area (Å²) in [5, 5.41) is 6.27. The zero-order valence-corrected chi connectivity index (χ0v) is 19.7. The molecule has 0 bridgehead atoms. The van der Waals surface area contributed by atoms with Crippen molar-refractivity contribution in [3.63, 3.8) is 0 Å². The van der Waals surface area contributed by atoms with Crippen LogP contribution in [-0.2, 0) is 11.2 Å². The second-order valence-electron chi connectivity index (χ2n) is 7.04. The lowest BCUT2D eigenvalue weighted by Crippen LogP contribution is -2.39. The van der Waals surface area contributed by atoms with E-state index in [1.807, 2.05) is 24.3 Å². The molecule has 0 unspecified atom stereocenters. The molecular weight excluding hydrogens is 467 g/mol. The van der Waals surface area contributed by atoms with Crippen LogP contribution in [0, 0.1) is 0 Å². The fraction of sp³-hybridized carbons (Fsp3) is 0.619. The Kier molecular flexibility index (Phi) is 11.9. The van der Waals surface area contributed by atoms with Crippen LogP contribution in [0.25, 0.3) is 0 Å². The molecule has 1 aromatic carbocycles. The lowest BCUT2D eigenvalue weighted by molar-refractivity contribution is -0.123. The number of aliphatic imine (C=N–C) groups is 1. The van der Waals surface area contributed by atoms with Crippen LogP contribution in [0.3, 0.4) is 0 Å². The van der Waals surface area contributed by atoms with E-state index in [2.05, 4.69) is 36.4 Å². The first-order chi connectivity index (χ1) is 13.1. The second-order valence-corrected chi connectivity index (χ2v) is 7.04. The van der Waals surface area contributed by atoms with Crippen LogP contribution >= 0.6 is 24.0 Å². The number of amides is 1. The third-order valence-corrected chi connectivity index (χ3v) is 4.44. The minimum absolute atomic E-state index is 0. The smallest absolute Gasteiger partial charge is 0.258 e. The maximum absolute atomic E-state index is 11.7. The van der Waals surface area contributed by atoms with Gasteiger partial charge in [0.15, 0.2) is 12.6 Å². The molecule has 0 aromatic heterocycles. The van der Waals surface area contributed by atoms with Crippen LogP contribution in [0.1, 0.15) is 45.1 Å². The van der Waals surface area contributed by atoms with E-state index in [1.54, 1.807) is 0 Å². The third kappa shape index (κ3) is 9.61. The molecule has 1 aromatic rings. The predicted molar refractivity (Wildman–Crippen MR) is 126 cm³/mol. The lowest BCUT2D eigenvalue weighted by atomic mass is 10.1. The number of rotatable bonds is 11. The van der Waals surface area contributed by atoms with E-state index < -0.39 is 0 Å². The van der Waals surface area contributed by atoms with Gasteiger partial charge in [-0.2, -0.15) is 0 Å². The molecule has 0 aliphatic heterocycles. The average Bonchev–Trinajstić information content (AvgIpc) is 3.48. The summed E-state index contributed by atoms with van der Waals surface area (Å²) in [6, 6.07) is 8.29. The molecule has 158 valence electrons. The van der Waals surface area contributed by atoms with Gasteiger partial charge < -0.3 is 20.3 Å². The van der Waals surface area contributed by atoms with Crippen molar-refractivity contribution in [1.29, 1.82) is 0 Å². The Morgan fingerprint density at radius 1 is 1.25 bits per heavy atom. The molecule has 2 N–H and O–H groups in total. The van der Waals surface area contributed by atoms with E-state index in [4.69, 9.17) is 9.73 Å². The van der Waals surface area contributed by atoms with Gasteiger partial charge in [0.25, 0.3) is 5.91 Å². The van der Waals surface area contributed by atoms with Gasteiger partial charge in [-0.25, -0.2) is 0 Å². The third-order valence-electron chi connectivity index (χ3n) is 4.44. The van der Waals surface area contributed by atoms with Gasteiger partial charge in [0.2, 0.25) is 0 Å². The highest BCUT2D eigenvalue weighted by Crippen LogP contribution is 2.18. The number of nitrogens with one attached hydrogen (secondary N) is 2. The average molecular weight is 502 g/mol. The van der Waals surface area contributed by atoms with Crippen LogP contribution in [0.5, 0.6) is 5.75 Å². The molecule has 0 spiro atoms. The monoisotopic (exact) mass is 502 g/mol. The Labute approximate surface area is 186 Å². The Morgan fingerprint density at radius 2 is 1.96 bits per heavy atom. The van der Waals surface area contributed by atoms with Crippen LogP contribution < -0.4 is 15.4 Å².